The Kier molecular flexibility index (Phi) is 6.11. The maximum absolute atomic E-state index is 13.4. The van der Waals surface area contributed by atoms with Gasteiger partial charge in [0, 0.05) is 13.5 Å². The summed E-state index contributed by atoms with van der Waals surface area (Å²) in [6.07, 6.45) is 0.726. The number of nitrogens with zero attached hydrogens (tertiary/aromatic N) is 1. The van der Waals surface area contributed by atoms with Gasteiger partial charge in [0.2, 0.25) is 11.8 Å². The van der Waals surface area contributed by atoms with E-state index in [0.29, 0.717) is 12.0 Å². The molecule has 0 aliphatic rings. The molecule has 0 aromatic heterocycles. The smallest absolute Gasteiger partial charge is 0.244 e. The van der Waals surface area contributed by atoms with Gasteiger partial charge in [0.05, 0.1) is 7.11 Å². The lowest BCUT2D eigenvalue weighted by atomic mass is 10.0. The van der Waals surface area contributed by atoms with E-state index < -0.39 is 17.8 Å². The van der Waals surface area contributed by atoms with E-state index in [1.54, 1.807) is 13.2 Å². The number of halogens is 1. The highest BCUT2D eigenvalue weighted by molar-refractivity contribution is 5.87. The van der Waals surface area contributed by atoms with Crippen LogP contribution in [0.1, 0.15) is 23.6 Å². The van der Waals surface area contributed by atoms with Crippen molar-refractivity contribution in [2.24, 2.45) is 5.73 Å². The summed E-state index contributed by atoms with van der Waals surface area (Å²) in [5.41, 5.74) is 6.76. The average Bonchev–Trinajstić information content (AvgIpc) is 2.60. The number of aryl methyl sites for hydroxylation is 1. The van der Waals surface area contributed by atoms with Gasteiger partial charge in [0.15, 0.2) is 0 Å². The van der Waals surface area contributed by atoms with Crippen LogP contribution in [-0.2, 0) is 16.0 Å². The largest absolute Gasteiger partial charge is 0.497 e. The Morgan fingerprint density at radius 3 is 2.44 bits per heavy atom. The number of hydrogen-bond acceptors (Lipinski definition) is 3. The Balaban J connectivity index is 2.06. The molecule has 6 heteroatoms. The summed E-state index contributed by atoms with van der Waals surface area (Å²) < 4.78 is 18.5. The Labute approximate surface area is 146 Å². The zero-order chi connectivity index (χ0) is 18.4. The van der Waals surface area contributed by atoms with E-state index in [9.17, 15) is 14.0 Å². The molecule has 132 valence electrons. The van der Waals surface area contributed by atoms with Crippen LogP contribution in [0.3, 0.4) is 0 Å². The number of amides is 2. The fraction of sp³-hybridized carbons (Fsp3) is 0.263. The van der Waals surface area contributed by atoms with Crippen molar-refractivity contribution in [2.45, 2.75) is 18.9 Å². The number of methoxy groups -OCH3 is 1. The average molecular weight is 344 g/mol. The number of benzene rings is 2. The van der Waals surface area contributed by atoms with Gasteiger partial charge in [-0.3, -0.25) is 9.59 Å². The lowest BCUT2D eigenvalue weighted by Gasteiger charge is -2.26. The van der Waals surface area contributed by atoms with Gasteiger partial charge in [-0.15, -0.1) is 0 Å². The molecule has 1 atom stereocenters. The maximum atomic E-state index is 13.4. The third-order valence-electron chi connectivity index (χ3n) is 4.00. The molecule has 0 radical (unpaired) electrons. The van der Waals surface area contributed by atoms with Gasteiger partial charge in [0.25, 0.3) is 0 Å². The molecule has 0 unspecified atom stereocenters. The van der Waals surface area contributed by atoms with E-state index in [1.165, 1.54) is 30.1 Å². The highest BCUT2D eigenvalue weighted by Crippen LogP contribution is 2.21. The first-order valence-corrected chi connectivity index (χ1v) is 7.85. The molecule has 2 aromatic carbocycles. The van der Waals surface area contributed by atoms with Crippen LogP contribution in [0, 0.1) is 5.82 Å². The molecule has 0 aliphatic carbocycles. The number of rotatable bonds is 7. The lowest BCUT2D eigenvalue weighted by molar-refractivity contribution is -0.138. The first-order chi connectivity index (χ1) is 11.9. The summed E-state index contributed by atoms with van der Waals surface area (Å²) in [4.78, 5) is 25.5. The Morgan fingerprint density at radius 1 is 1.20 bits per heavy atom. The number of carbonyl (C=O) groups excluding carboxylic acids is 2. The molecule has 2 aromatic rings. The van der Waals surface area contributed by atoms with E-state index in [4.69, 9.17) is 10.5 Å². The van der Waals surface area contributed by atoms with Gasteiger partial charge in [-0.1, -0.05) is 24.3 Å². The van der Waals surface area contributed by atoms with E-state index >= 15 is 0 Å². The van der Waals surface area contributed by atoms with Crippen molar-refractivity contribution in [1.82, 2.24) is 4.90 Å². The summed E-state index contributed by atoms with van der Waals surface area (Å²) in [6, 6.07) is 11.9. The van der Waals surface area contributed by atoms with Gasteiger partial charge >= 0.3 is 0 Å². The van der Waals surface area contributed by atoms with Gasteiger partial charge in [-0.2, -0.15) is 0 Å². The molecule has 0 heterocycles. The quantitative estimate of drug-likeness (QED) is 0.838. The first kappa shape index (κ1) is 18.4. The van der Waals surface area contributed by atoms with E-state index in [0.717, 1.165) is 11.3 Å². The van der Waals surface area contributed by atoms with Crippen molar-refractivity contribution in [2.75, 3.05) is 14.2 Å². The summed E-state index contributed by atoms with van der Waals surface area (Å²) in [7, 11) is 3.08. The number of carbonyl (C=O) groups is 2. The molecule has 0 aliphatic heterocycles. The minimum Gasteiger partial charge on any atom is -0.497 e. The molecule has 0 saturated heterocycles. The predicted octanol–water partition coefficient (Wildman–Crippen LogP) is 2.45. The molecular formula is C19H21FN2O3. The Hall–Kier alpha value is -2.89. The number of primary amides is 1. The van der Waals surface area contributed by atoms with Crippen molar-refractivity contribution in [3.05, 3.63) is 65.5 Å². The Morgan fingerprint density at radius 2 is 1.88 bits per heavy atom. The van der Waals surface area contributed by atoms with Crippen molar-refractivity contribution in [3.8, 4) is 5.75 Å². The molecule has 0 saturated carbocycles. The molecule has 0 bridgehead atoms. The number of nitrogens with two attached hydrogens (primary N) is 1. The normalized spacial score (nSPS) is 11.6. The molecule has 2 rings (SSSR count). The molecule has 2 amide bonds. The van der Waals surface area contributed by atoms with E-state index in [2.05, 4.69) is 0 Å². The second-order valence-corrected chi connectivity index (χ2v) is 5.71. The second-order valence-electron chi connectivity index (χ2n) is 5.71. The third kappa shape index (κ3) is 4.79. The van der Waals surface area contributed by atoms with Crippen molar-refractivity contribution < 1.29 is 18.7 Å². The van der Waals surface area contributed by atoms with Gasteiger partial charge in [-0.05, 0) is 41.8 Å². The van der Waals surface area contributed by atoms with Crippen LogP contribution in [0.5, 0.6) is 5.75 Å². The summed E-state index contributed by atoms with van der Waals surface area (Å²) in [5, 5.41) is 0. The minimum absolute atomic E-state index is 0.210. The predicted molar refractivity (Wildman–Crippen MR) is 92.4 cm³/mol. The first-order valence-electron chi connectivity index (χ1n) is 7.85. The third-order valence-corrected chi connectivity index (χ3v) is 4.00. The highest BCUT2D eigenvalue weighted by Gasteiger charge is 2.26. The zero-order valence-corrected chi connectivity index (χ0v) is 14.2. The van der Waals surface area contributed by atoms with Gasteiger partial charge < -0.3 is 15.4 Å². The van der Waals surface area contributed by atoms with Crippen LogP contribution in [-0.4, -0.2) is 30.9 Å². The summed E-state index contributed by atoms with van der Waals surface area (Å²) in [5.74, 6) is -0.690. The van der Waals surface area contributed by atoms with Crippen LogP contribution in [0.15, 0.2) is 48.5 Å². The molecule has 0 spiro atoms. The molecule has 5 nitrogen and oxygen atoms in total. The van der Waals surface area contributed by atoms with Gasteiger partial charge in [0.1, 0.15) is 17.6 Å². The minimum atomic E-state index is -1.00. The second kappa shape index (κ2) is 8.28. The zero-order valence-electron chi connectivity index (χ0n) is 14.2. The van der Waals surface area contributed by atoms with Crippen molar-refractivity contribution in [3.63, 3.8) is 0 Å². The maximum Gasteiger partial charge on any atom is 0.244 e. The fourth-order valence-corrected chi connectivity index (χ4v) is 2.62. The fourth-order valence-electron chi connectivity index (χ4n) is 2.62. The summed E-state index contributed by atoms with van der Waals surface area (Å²) in [6.45, 7) is 0. The lowest BCUT2D eigenvalue weighted by Crippen LogP contribution is -2.39. The standard InChI is InChI=1S/C19H21FN2O3/c1-22(18(19(21)24)14-4-3-5-15(20)12-14)17(23)11-8-13-6-9-16(25-2)10-7-13/h3-7,9-10,12,18H,8,11H2,1-2H3,(H2,21,24)/t18-/m1/s1. The van der Waals surface area contributed by atoms with Crippen molar-refractivity contribution in [1.29, 1.82) is 0 Å². The molecule has 2 N–H and O–H groups in total. The monoisotopic (exact) mass is 344 g/mol. The molecule has 25 heavy (non-hydrogen) atoms. The highest BCUT2D eigenvalue weighted by atomic mass is 19.1. The van der Waals surface area contributed by atoms with Crippen LogP contribution < -0.4 is 10.5 Å². The number of hydrogen-bond donors (Lipinski definition) is 1. The van der Waals surface area contributed by atoms with Crippen LogP contribution in [0.2, 0.25) is 0 Å². The number of likely N-dealkylation sites (N-methyl/N-ethyl adjacent to an activating group) is 1. The SMILES string of the molecule is COc1ccc(CCC(=O)N(C)[C@@H](C(N)=O)c2cccc(F)c2)cc1. The van der Waals surface area contributed by atoms with Crippen LogP contribution in [0.25, 0.3) is 0 Å². The van der Waals surface area contributed by atoms with E-state index in [-0.39, 0.29) is 12.3 Å². The molecular weight excluding hydrogens is 323 g/mol. The Bertz CT molecular complexity index is 747. The van der Waals surface area contributed by atoms with Crippen molar-refractivity contribution >= 4 is 11.8 Å². The summed E-state index contributed by atoms with van der Waals surface area (Å²) >= 11 is 0. The topological polar surface area (TPSA) is 72.6 Å². The molecule has 0 fully saturated rings. The number of ether oxygens (including phenoxy) is 1. The van der Waals surface area contributed by atoms with Gasteiger partial charge in [-0.25, -0.2) is 4.39 Å². The van der Waals surface area contributed by atoms with Crippen LogP contribution in [0.4, 0.5) is 4.39 Å². The van der Waals surface area contributed by atoms with E-state index in [1.807, 2.05) is 24.3 Å². The van der Waals surface area contributed by atoms with Crippen LogP contribution >= 0.6 is 0 Å².